The highest BCUT2D eigenvalue weighted by atomic mass is 16.6. The number of hydrogen-bond donors (Lipinski definition) is 2. The largest absolute Gasteiger partial charge is 0.504 e. The number of benzene rings is 3. The Labute approximate surface area is 182 Å². The van der Waals surface area contributed by atoms with Gasteiger partial charge in [-0.15, -0.1) is 0 Å². The van der Waals surface area contributed by atoms with Crippen molar-refractivity contribution in [3.8, 4) is 28.7 Å². The Morgan fingerprint density at radius 2 is 1.81 bits per heavy atom. The van der Waals surface area contributed by atoms with E-state index in [-0.39, 0.29) is 51.8 Å². The summed E-state index contributed by atoms with van der Waals surface area (Å²) in [6.07, 6.45) is -1.51. The van der Waals surface area contributed by atoms with E-state index in [1.54, 1.807) is 42.5 Å². The lowest BCUT2D eigenvalue weighted by molar-refractivity contribution is -0.0138. The van der Waals surface area contributed by atoms with Gasteiger partial charge in [-0.05, 0) is 30.3 Å². The van der Waals surface area contributed by atoms with Crippen LogP contribution >= 0.6 is 0 Å². The van der Waals surface area contributed by atoms with Gasteiger partial charge < -0.3 is 33.6 Å². The highest BCUT2D eigenvalue weighted by Gasteiger charge is 2.36. The van der Waals surface area contributed by atoms with E-state index in [0.29, 0.717) is 16.5 Å². The molecule has 0 aliphatic carbocycles. The average molecular weight is 436 g/mol. The standard InChI is InChI=1S/C24H20O8/c1-28-17-9-12(7-8-15(17)26)21-19(11-25)30-18-10-14-20(27)13-5-3-4-6-16(13)31-22(14)24(29-2)23(18)32-21/h3-10,19,21,25-26H,11H2,1-2H3/t19-,21-/m0/s1. The lowest BCUT2D eigenvalue weighted by atomic mass is 10.0. The van der Waals surface area contributed by atoms with Gasteiger partial charge in [0.1, 0.15) is 5.58 Å². The number of rotatable bonds is 4. The third-order valence-electron chi connectivity index (χ3n) is 5.52. The monoisotopic (exact) mass is 436 g/mol. The summed E-state index contributed by atoms with van der Waals surface area (Å²) in [5.74, 6) is 0.966. The predicted octanol–water partition coefficient (Wildman–Crippen LogP) is 3.54. The van der Waals surface area contributed by atoms with E-state index in [2.05, 4.69) is 0 Å². The van der Waals surface area contributed by atoms with Gasteiger partial charge in [-0.1, -0.05) is 18.2 Å². The number of hydrogen-bond acceptors (Lipinski definition) is 8. The van der Waals surface area contributed by atoms with Gasteiger partial charge in [0.25, 0.3) is 0 Å². The Kier molecular flexibility index (Phi) is 4.79. The van der Waals surface area contributed by atoms with E-state index < -0.39 is 12.2 Å². The summed E-state index contributed by atoms with van der Waals surface area (Å²) in [5, 5.41) is 20.6. The van der Waals surface area contributed by atoms with Crippen LogP contribution in [0.2, 0.25) is 0 Å². The van der Waals surface area contributed by atoms with Crippen molar-refractivity contribution in [3.63, 3.8) is 0 Å². The molecule has 4 aromatic rings. The highest BCUT2D eigenvalue weighted by molar-refractivity contribution is 5.95. The Morgan fingerprint density at radius 3 is 2.56 bits per heavy atom. The zero-order chi connectivity index (χ0) is 22.4. The molecule has 2 atom stereocenters. The minimum Gasteiger partial charge on any atom is -0.504 e. The fourth-order valence-electron chi connectivity index (χ4n) is 3.97. The molecule has 0 amide bonds. The quantitative estimate of drug-likeness (QED) is 0.468. The summed E-state index contributed by atoms with van der Waals surface area (Å²) < 4.78 is 29.0. The van der Waals surface area contributed by atoms with Crippen LogP contribution in [-0.2, 0) is 0 Å². The van der Waals surface area contributed by atoms with Crippen molar-refractivity contribution in [2.75, 3.05) is 20.8 Å². The molecule has 164 valence electrons. The van der Waals surface area contributed by atoms with Crippen molar-refractivity contribution in [1.29, 1.82) is 0 Å². The molecule has 1 aliphatic heterocycles. The van der Waals surface area contributed by atoms with Gasteiger partial charge in [-0.2, -0.15) is 0 Å². The molecule has 0 bridgehead atoms. The molecule has 0 radical (unpaired) electrons. The van der Waals surface area contributed by atoms with Gasteiger partial charge in [-0.3, -0.25) is 4.79 Å². The number of aliphatic hydroxyl groups is 1. The van der Waals surface area contributed by atoms with Gasteiger partial charge >= 0.3 is 0 Å². The summed E-state index contributed by atoms with van der Waals surface area (Å²) in [4.78, 5) is 13.1. The molecule has 8 heteroatoms. The molecule has 5 rings (SSSR count). The van der Waals surface area contributed by atoms with E-state index in [0.717, 1.165) is 0 Å². The number of ether oxygens (including phenoxy) is 4. The van der Waals surface area contributed by atoms with Crippen LogP contribution in [0.4, 0.5) is 0 Å². The highest BCUT2D eigenvalue weighted by Crippen LogP contribution is 2.49. The van der Waals surface area contributed by atoms with E-state index in [1.165, 1.54) is 20.3 Å². The zero-order valence-corrected chi connectivity index (χ0v) is 17.3. The minimum atomic E-state index is -0.772. The normalized spacial score (nSPS) is 17.5. The van der Waals surface area contributed by atoms with Gasteiger partial charge in [0, 0.05) is 5.56 Å². The van der Waals surface area contributed by atoms with Crippen LogP contribution in [0.5, 0.6) is 28.7 Å². The first-order valence-corrected chi connectivity index (χ1v) is 9.93. The van der Waals surface area contributed by atoms with Crippen molar-refractivity contribution >= 4 is 21.9 Å². The summed E-state index contributed by atoms with van der Waals surface area (Å²) in [7, 11) is 2.89. The van der Waals surface area contributed by atoms with E-state index in [1.807, 2.05) is 0 Å². The topological polar surface area (TPSA) is 108 Å². The minimum absolute atomic E-state index is 0.0221. The maximum absolute atomic E-state index is 13.1. The Hall–Kier alpha value is -3.91. The molecule has 0 fully saturated rings. The van der Waals surface area contributed by atoms with E-state index >= 15 is 0 Å². The van der Waals surface area contributed by atoms with Crippen molar-refractivity contribution in [2.24, 2.45) is 0 Å². The lowest BCUT2D eigenvalue weighted by Gasteiger charge is -2.34. The number of fused-ring (bicyclic) bond motifs is 3. The first kappa shape index (κ1) is 20.0. The molecule has 3 aromatic carbocycles. The van der Waals surface area contributed by atoms with Crippen LogP contribution < -0.4 is 24.4 Å². The second kappa shape index (κ2) is 7.65. The molecule has 8 nitrogen and oxygen atoms in total. The summed E-state index contributed by atoms with van der Waals surface area (Å²) in [5.41, 5.74) is 1.06. The number of aliphatic hydroxyl groups excluding tert-OH is 1. The summed E-state index contributed by atoms with van der Waals surface area (Å²) >= 11 is 0. The second-order valence-electron chi connectivity index (χ2n) is 7.35. The number of methoxy groups -OCH3 is 2. The molecular formula is C24H20O8. The summed E-state index contributed by atoms with van der Waals surface area (Å²) in [6.45, 7) is -0.347. The molecule has 0 saturated heterocycles. The van der Waals surface area contributed by atoms with Crippen molar-refractivity contribution in [3.05, 3.63) is 64.3 Å². The molecule has 0 saturated carbocycles. The van der Waals surface area contributed by atoms with Crippen molar-refractivity contribution in [2.45, 2.75) is 12.2 Å². The van der Waals surface area contributed by atoms with Crippen LogP contribution in [0, 0.1) is 0 Å². The Balaban J connectivity index is 1.71. The van der Waals surface area contributed by atoms with Gasteiger partial charge in [0.15, 0.2) is 35.0 Å². The van der Waals surface area contributed by atoms with Gasteiger partial charge in [0.05, 0.1) is 31.6 Å². The maximum atomic E-state index is 13.1. The fraction of sp³-hybridized carbons (Fsp3) is 0.208. The smallest absolute Gasteiger partial charge is 0.208 e. The molecule has 32 heavy (non-hydrogen) atoms. The average Bonchev–Trinajstić information content (AvgIpc) is 2.82. The van der Waals surface area contributed by atoms with E-state index in [9.17, 15) is 15.0 Å². The third kappa shape index (κ3) is 2.99. The molecule has 0 spiro atoms. The van der Waals surface area contributed by atoms with Gasteiger partial charge in [0.2, 0.25) is 16.9 Å². The molecule has 1 aromatic heterocycles. The molecule has 2 heterocycles. The lowest BCUT2D eigenvalue weighted by Crippen LogP contribution is -2.36. The first-order valence-electron chi connectivity index (χ1n) is 9.93. The Bertz CT molecular complexity index is 1390. The maximum Gasteiger partial charge on any atom is 0.208 e. The number of phenolic OH excluding ortho intramolecular Hbond substituents is 1. The van der Waals surface area contributed by atoms with Crippen LogP contribution in [0.3, 0.4) is 0 Å². The fourth-order valence-corrected chi connectivity index (χ4v) is 3.97. The third-order valence-corrected chi connectivity index (χ3v) is 5.52. The van der Waals surface area contributed by atoms with Crippen molar-refractivity contribution in [1.82, 2.24) is 0 Å². The number of aromatic hydroxyl groups is 1. The predicted molar refractivity (Wildman–Crippen MR) is 116 cm³/mol. The second-order valence-corrected chi connectivity index (χ2v) is 7.35. The van der Waals surface area contributed by atoms with Crippen LogP contribution in [0.25, 0.3) is 21.9 Å². The molecular weight excluding hydrogens is 416 g/mol. The van der Waals surface area contributed by atoms with Crippen molar-refractivity contribution < 1.29 is 33.6 Å². The molecule has 0 unspecified atom stereocenters. The van der Waals surface area contributed by atoms with E-state index in [4.69, 9.17) is 23.4 Å². The van der Waals surface area contributed by atoms with Crippen LogP contribution in [0.1, 0.15) is 11.7 Å². The number of phenols is 1. The van der Waals surface area contributed by atoms with Crippen LogP contribution in [-0.4, -0.2) is 37.1 Å². The summed E-state index contributed by atoms with van der Waals surface area (Å²) in [6, 6.07) is 13.2. The first-order chi connectivity index (χ1) is 15.5. The van der Waals surface area contributed by atoms with Crippen LogP contribution in [0.15, 0.2) is 57.7 Å². The molecule has 2 N–H and O–H groups in total. The number of para-hydroxylation sites is 1. The Morgan fingerprint density at radius 1 is 1.00 bits per heavy atom. The SMILES string of the molecule is COc1cc([C@@H]2Oc3c(cc4c(=O)c5ccccc5oc4c3OC)O[C@H]2CO)ccc1O. The van der Waals surface area contributed by atoms with Gasteiger partial charge in [-0.25, -0.2) is 0 Å². The molecule has 1 aliphatic rings. The zero-order valence-electron chi connectivity index (χ0n) is 17.3.